The van der Waals surface area contributed by atoms with Crippen LogP contribution in [0.1, 0.15) is 6.92 Å². The molecule has 0 bridgehead atoms. The minimum absolute atomic E-state index is 0.333. The summed E-state index contributed by atoms with van der Waals surface area (Å²) in [6, 6.07) is -1.04. The zero-order valence-electron chi connectivity index (χ0n) is 8.85. The van der Waals surface area contributed by atoms with E-state index in [-0.39, 0.29) is 5.91 Å². The second-order valence-electron chi connectivity index (χ2n) is 3.42. The van der Waals surface area contributed by atoms with Crippen LogP contribution in [-0.2, 0) is 9.53 Å². The van der Waals surface area contributed by atoms with Gasteiger partial charge >= 0.3 is 0 Å². The first-order valence-electron chi connectivity index (χ1n) is 4.63. The number of hydrogen-bond acceptors (Lipinski definition) is 7. The molecule has 1 aliphatic heterocycles. The monoisotopic (exact) mass is 238 g/mol. The Morgan fingerprint density at radius 3 is 2.12 bits per heavy atom. The molecule has 0 aromatic rings. The Morgan fingerprint density at radius 2 is 1.75 bits per heavy atom. The highest BCUT2D eigenvalue weighted by Crippen LogP contribution is 2.17. The molecule has 1 unspecified atom stereocenters. The van der Waals surface area contributed by atoms with Crippen LogP contribution in [-0.4, -0.2) is 63.6 Å². The van der Waals surface area contributed by atoms with Crippen LogP contribution in [0.2, 0.25) is 0 Å². The number of primary amides is 1. The maximum atomic E-state index is 9.22. The lowest BCUT2D eigenvalue weighted by Crippen LogP contribution is -2.61. The van der Waals surface area contributed by atoms with Gasteiger partial charge in [-0.2, -0.15) is 0 Å². The lowest BCUT2D eigenvalue weighted by atomic mass is 9.98. The summed E-state index contributed by atoms with van der Waals surface area (Å²) in [5.41, 5.74) is 9.73. The Bertz CT molecular complexity index is 218. The summed E-state index contributed by atoms with van der Waals surface area (Å²) < 4.78 is 4.70. The average Bonchev–Trinajstić information content (AvgIpc) is 2.19. The van der Waals surface area contributed by atoms with Crippen molar-refractivity contribution in [2.75, 3.05) is 6.61 Å². The van der Waals surface area contributed by atoms with Crippen LogP contribution in [0.5, 0.6) is 0 Å². The number of carbonyl (C=O) groups excluding carboxylic acids is 1. The normalized spacial score (nSPS) is 38.5. The molecule has 0 aliphatic carbocycles. The van der Waals surface area contributed by atoms with Crippen molar-refractivity contribution >= 4 is 5.91 Å². The Labute approximate surface area is 92.4 Å². The van der Waals surface area contributed by atoms with Gasteiger partial charge in [0, 0.05) is 6.92 Å². The number of ether oxygens (including phenoxy) is 1. The van der Waals surface area contributed by atoms with Crippen LogP contribution in [0.25, 0.3) is 0 Å². The largest absolute Gasteiger partial charge is 0.394 e. The van der Waals surface area contributed by atoms with E-state index in [4.69, 9.17) is 20.7 Å². The summed E-state index contributed by atoms with van der Waals surface area (Å²) in [5, 5.41) is 36.1. The molecular weight excluding hydrogens is 220 g/mol. The third kappa shape index (κ3) is 4.39. The second-order valence-corrected chi connectivity index (χ2v) is 3.42. The fourth-order valence-corrected chi connectivity index (χ4v) is 1.12. The molecule has 0 aromatic heterocycles. The summed E-state index contributed by atoms with van der Waals surface area (Å²) in [5.74, 6) is -0.333. The molecule has 1 fully saturated rings. The number of nitrogens with two attached hydrogens (primary N) is 2. The first-order chi connectivity index (χ1) is 7.31. The third-order valence-electron chi connectivity index (χ3n) is 1.95. The van der Waals surface area contributed by atoms with Gasteiger partial charge in [0.05, 0.1) is 12.6 Å². The Balaban J connectivity index is 0.000000487. The minimum atomic E-state index is -1.35. The standard InChI is InChI=1S/C6H13NO5.C2H5NO/c7-3-5(10)4(9)2(1-8)12-6(3)11;1-2(3)4/h2-6,8-11H,1,7H2;1H3,(H2,3,4)/t2-,3-,4-,5-,6?;/m1./s1. The van der Waals surface area contributed by atoms with Crippen LogP contribution >= 0.6 is 0 Å². The Morgan fingerprint density at radius 1 is 1.31 bits per heavy atom. The van der Waals surface area contributed by atoms with E-state index in [9.17, 15) is 15.0 Å². The molecule has 0 radical (unpaired) electrons. The molecule has 8 heteroatoms. The molecule has 0 spiro atoms. The smallest absolute Gasteiger partial charge is 0.214 e. The highest BCUT2D eigenvalue weighted by atomic mass is 16.6. The molecule has 16 heavy (non-hydrogen) atoms. The van der Waals surface area contributed by atoms with E-state index in [0.717, 1.165) is 0 Å². The van der Waals surface area contributed by atoms with Crippen molar-refractivity contribution in [2.24, 2.45) is 11.5 Å². The number of amides is 1. The topological polar surface area (TPSA) is 159 Å². The van der Waals surface area contributed by atoms with Crippen molar-refractivity contribution in [1.29, 1.82) is 0 Å². The van der Waals surface area contributed by atoms with Gasteiger partial charge in [-0.1, -0.05) is 0 Å². The van der Waals surface area contributed by atoms with Crippen molar-refractivity contribution in [3.8, 4) is 0 Å². The summed E-state index contributed by atoms with van der Waals surface area (Å²) in [7, 11) is 0. The highest BCUT2D eigenvalue weighted by Gasteiger charge is 2.41. The number of aliphatic hydroxyl groups is 4. The number of carbonyl (C=O) groups is 1. The molecule has 8 N–H and O–H groups in total. The van der Waals surface area contributed by atoms with Crippen molar-refractivity contribution in [3.63, 3.8) is 0 Å². The molecule has 0 saturated carbocycles. The summed E-state index contributed by atoms with van der Waals surface area (Å²) in [6.07, 6.45) is -4.85. The quantitative estimate of drug-likeness (QED) is 0.273. The van der Waals surface area contributed by atoms with Gasteiger partial charge < -0.3 is 36.6 Å². The van der Waals surface area contributed by atoms with E-state index in [1.54, 1.807) is 0 Å². The van der Waals surface area contributed by atoms with Crippen LogP contribution in [0.4, 0.5) is 0 Å². The molecule has 1 aliphatic rings. The molecule has 1 heterocycles. The lowest BCUT2D eigenvalue weighted by molar-refractivity contribution is -0.248. The molecular formula is C8H18N2O6. The third-order valence-corrected chi connectivity index (χ3v) is 1.95. The number of hydrogen-bond donors (Lipinski definition) is 6. The summed E-state index contributed by atoms with van der Waals surface area (Å²) in [6.45, 7) is 0.835. The minimum Gasteiger partial charge on any atom is -0.394 e. The fraction of sp³-hybridized carbons (Fsp3) is 0.875. The van der Waals surface area contributed by atoms with E-state index in [1.165, 1.54) is 6.92 Å². The van der Waals surface area contributed by atoms with Gasteiger partial charge in [0.25, 0.3) is 0 Å². The Hall–Kier alpha value is -0.770. The van der Waals surface area contributed by atoms with Gasteiger partial charge in [-0.15, -0.1) is 0 Å². The predicted octanol–water partition coefficient (Wildman–Crippen LogP) is -3.76. The Kier molecular flexibility index (Phi) is 6.41. The van der Waals surface area contributed by atoms with Crippen LogP contribution in [0, 0.1) is 0 Å². The average molecular weight is 238 g/mol. The van der Waals surface area contributed by atoms with Crippen molar-refractivity contribution in [1.82, 2.24) is 0 Å². The number of aliphatic hydroxyl groups excluding tert-OH is 4. The molecule has 1 amide bonds. The van der Waals surface area contributed by atoms with Gasteiger partial charge in [0.1, 0.15) is 18.3 Å². The maximum Gasteiger partial charge on any atom is 0.214 e. The van der Waals surface area contributed by atoms with Crippen LogP contribution < -0.4 is 11.5 Å². The van der Waals surface area contributed by atoms with Gasteiger partial charge in [0.2, 0.25) is 5.91 Å². The first kappa shape index (κ1) is 15.2. The first-order valence-corrected chi connectivity index (χ1v) is 4.63. The van der Waals surface area contributed by atoms with Crippen LogP contribution in [0.3, 0.4) is 0 Å². The van der Waals surface area contributed by atoms with Crippen molar-refractivity contribution in [2.45, 2.75) is 37.6 Å². The molecule has 1 saturated heterocycles. The van der Waals surface area contributed by atoms with Crippen molar-refractivity contribution in [3.05, 3.63) is 0 Å². The lowest BCUT2D eigenvalue weighted by Gasteiger charge is -2.38. The molecule has 0 aromatic carbocycles. The number of rotatable bonds is 1. The summed E-state index contributed by atoms with van der Waals surface area (Å²) >= 11 is 0. The SMILES string of the molecule is CC(N)=O.N[C@H]1C(O)O[C@H](CO)[C@@H](O)[C@@H]1O. The van der Waals surface area contributed by atoms with E-state index in [0.29, 0.717) is 0 Å². The van der Waals surface area contributed by atoms with E-state index in [1.807, 2.05) is 0 Å². The second kappa shape index (κ2) is 6.74. The van der Waals surface area contributed by atoms with E-state index >= 15 is 0 Å². The van der Waals surface area contributed by atoms with Gasteiger partial charge in [0.15, 0.2) is 6.29 Å². The fourth-order valence-electron chi connectivity index (χ4n) is 1.12. The van der Waals surface area contributed by atoms with Crippen molar-refractivity contribution < 1.29 is 30.0 Å². The highest BCUT2D eigenvalue weighted by molar-refractivity contribution is 5.70. The predicted molar refractivity (Wildman–Crippen MR) is 52.8 cm³/mol. The maximum absolute atomic E-state index is 9.22. The zero-order chi connectivity index (χ0) is 12.9. The zero-order valence-corrected chi connectivity index (χ0v) is 8.85. The molecule has 5 atom stereocenters. The summed E-state index contributed by atoms with van der Waals surface area (Å²) in [4.78, 5) is 9.22. The van der Waals surface area contributed by atoms with E-state index < -0.39 is 37.3 Å². The molecule has 96 valence electrons. The van der Waals surface area contributed by atoms with Gasteiger partial charge in [-0.05, 0) is 0 Å². The van der Waals surface area contributed by atoms with Gasteiger partial charge in [-0.3, -0.25) is 4.79 Å². The molecule has 1 rings (SSSR count). The molecule has 8 nitrogen and oxygen atoms in total. The van der Waals surface area contributed by atoms with Crippen LogP contribution in [0.15, 0.2) is 0 Å². The van der Waals surface area contributed by atoms with E-state index in [2.05, 4.69) is 5.73 Å². The van der Waals surface area contributed by atoms with Gasteiger partial charge in [-0.25, -0.2) is 0 Å².